The minimum atomic E-state index is -4.88. The minimum absolute atomic E-state index is 0.00359. The summed E-state index contributed by atoms with van der Waals surface area (Å²) in [6.45, 7) is 1.90. The van der Waals surface area contributed by atoms with E-state index in [1.807, 2.05) is 6.92 Å². The van der Waals surface area contributed by atoms with Crippen LogP contribution in [0, 0.1) is 23.7 Å². The molecule has 3 nitrogen and oxygen atoms in total. The van der Waals surface area contributed by atoms with Crippen molar-refractivity contribution in [3.63, 3.8) is 0 Å². The number of carbonyl (C=O) groups excluding carboxylic acids is 1. The molecule has 1 aliphatic carbocycles. The first-order valence-electron chi connectivity index (χ1n) is 6.62. The van der Waals surface area contributed by atoms with E-state index < -0.39 is 17.9 Å². The Morgan fingerprint density at radius 2 is 2.14 bits per heavy atom. The van der Waals surface area contributed by atoms with Gasteiger partial charge in [-0.15, -0.1) is 0 Å². The Balaban J connectivity index is 2.18. The normalized spacial score (nSPS) is 29.6. The monoisotopic (exact) mass is 329 g/mol. The number of hydrogen-bond donors (Lipinski definition) is 1. The number of amides is 1. The third kappa shape index (κ3) is 2.40. The van der Waals surface area contributed by atoms with Gasteiger partial charge >= 0.3 is 12.3 Å². The van der Waals surface area contributed by atoms with Crippen LogP contribution in [0.4, 0.5) is 23.7 Å². The number of ether oxygens (including phenoxy) is 1. The maximum atomic E-state index is 13.7. The van der Waals surface area contributed by atoms with Gasteiger partial charge < -0.3 is 4.74 Å². The van der Waals surface area contributed by atoms with Crippen LogP contribution in [0.15, 0.2) is 18.2 Å². The summed E-state index contributed by atoms with van der Waals surface area (Å²) in [5, 5.41) is 2.34. The van der Waals surface area contributed by atoms with E-state index in [0.29, 0.717) is 0 Å². The fourth-order valence-corrected chi connectivity index (χ4v) is 2.51. The van der Waals surface area contributed by atoms with Gasteiger partial charge in [-0.3, -0.25) is 5.32 Å². The summed E-state index contributed by atoms with van der Waals surface area (Å²) in [5.74, 6) is 4.91. The van der Waals surface area contributed by atoms with Crippen molar-refractivity contribution in [2.24, 2.45) is 11.8 Å². The number of carbonyl (C=O) groups is 1. The highest BCUT2D eigenvalue weighted by atomic mass is 35.5. The van der Waals surface area contributed by atoms with E-state index in [4.69, 9.17) is 11.6 Å². The molecule has 2 aliphatic rings. The largest absolute Gasteiger partial charge is 0.445 e. The molecule has 0 bridgehead atoms. The molecule has 3 rings (SSSR count). The standard InChI is InChI=1S/C15H11ClF3NO2/c1-8-6-9(8)4-5-14(15(17,18)19)11-7-10(16)2-3-12(11)20-13(21)22-14/h2-3,7-9H,6H2,1H3,(H,20,21)/t8-,9+,14+/m0/s1. The summed E-state index contributed by atoms with van der Waals surface area (Å²) in [7, 11) is 0. The Morgan fingerprint density at radius 3 is 2.73 bits per heavy atom. The van der Waals surface area contributed by atoms with E-state index in [2.05, 4.69) is 21.9 Å². The fraction of sp³-hybridized carbons (Fsp3) is 0.400. The summed E-state index contributed by atoms with van der Waals surface area (Å²) < 4.78 is 45.7. The highest BCUT2D eigenvalue weighted by Gasteiger charge is 2.62. The smallest absolute Gasteiger partial charge is 0.415 e. The van der Waals surface area contributed by atoms with Gasteiger partial charge in [-0.25, -0.2) is 4.79 Å². The van der Waals surface area contributed by atoms with Gasteiger partial charge in [0.25, 0.3) is 5.60 Å². The maximum absolute atomic E-state index is 13.7. The first-order valence-corrected chi connectivity index (χ1v) is 7.00. The molecule has 1 amide bonds. The van der Waals surface area contributed by atoms with E-state index in [-0.39, 0.29) is 28.1 Å². The molecule has 1 N–H and O–H groups in total. The molecule has 0 spiro atoms. The molecule has 7 heteroatoms. The van der Waals surface area contributed by atoms with Crippen LogP contribution in [0.25, 0.3) is 0 Å². The molecule has 0 aromatic heterocycles. The first kappa shape index (κ1) is 15.0. The molecule has 1 aromatic rings. The molecule has 0 radical (unpaired) electrons. The van der Waals surface area contributed by atoms with Crippen molar-refractivity contribution < 1.29 is 22.7 Å². The van der Waals surface area contributed by atoms with Crippen molar-refractivity contribution >= 4 is 23.4 Å². The Kier molecular flexibility index (Phi) is 3.29. The lowest BCUT2D eigenvalue weighted by molar-refractivity contribution is -0.239. The van der Waals surface area contributed by atoms with Gasteiger partial charge in [-0.1, -0.05) is 24.4 Å². The van der Waals surface area contributed by atoms with Crippen LogP contribution in [0.5, 0.6) is 0 Å². The third-order valence-corrected chi connectivity index (χ3v) is 4.02. The van der Waals surface area contributed by atoms with Crippen molar-refractivity contribution in [2.45, 2.75) is 25.1 Å². The molecule has 1 saturated carbocycles. The Morgan fingerprint density at radius 1 is 1.45 bits per heavy atom. The molecule has 3 atom stereocenters. The van der Waals surface area contributed by atoms with Crippen LogP contribution in [0.2, 0.25) is 5.02 Å². The fourth-order valence-electron chi connectivity index (χ4n) is 2.34. The van der Waals surface area contributed by atoms with Crippen molar-refractivity contribution in [2.75, 3.05) is 5.32 Å². The molecule has 0 unspecified atom stereocenters. The Bertz CT molecular complexity index is 707. The van der Waals surface area contributed by atoms with E-state index >= 15 is 0 Å². The van der Waals surface area contributed by atoms with E-state index in [1.165, 1.54) is 12.1 Å². The first-order chi connectivity index (χ1) is 10.2. The molecule has 1 heterocycles. The molecule has 1 aliphatic heterocycles. The second-order valence-corrected chi connectivity index (χ2v) is 5.91. The number of rotatable bonds is 0. The summed E-state index contributed by atoms with van der Waals surface area (Å²) in [4.78, 5) is 11.6. The zero-order valence-electron chi connectivity index (χ0n) is 11.4. The van der Waals surface area contributed by atoms with E-state index in [1.54, 1.807) is 0 Å². The van der Waals surface area contributed by atoms with Crippen LogP contribution in [0.3, 0.4) is 0 Å². The Labute approximate surface area is 129 Å². The number of nitrogens with one attached hydrogen (secondary N) is 1. The van der Waals surface area contributed by atoms with Crippen LogP contribution >= 0.6 is 11.6 Å². The highest BCUT2D eigenvalue weighted by Crippen LogP contribution is 2.48. The molecular formula is C15H11ClF3NO2. The maximum Gasteiger partial charge on any atom is 0.445 e. The molecule has 116 valence electrons. The van der Waals surface area contributed by atoms with Gasteiger partial charge in [-0.2, -0.15) is 13.2 Å². The minimum Gasteiger partial charge on any atom is -0.415 e. The van der Waals surface area contributed by atoms with Crippen LogP contribution in [-0.4, -0.2) is 12.3 Å². The van der Waals surface area contributed by atoms with Gasteiger partial charge in [0.1, 0.15) is 0 Å². The van der Waals surface area contributed by atoms with Crippen molar-refractivity contribution in [3.8, 4) is 11.8 Å². The summed E-state index contributed by atoms with van der Waals surface area (Å²) in [5.41, 5.74) is -3.29. The lowest BCUT2D eigenvalue weighted by Gasteiger charge is -2.35. The second kappa shape index (κ2) is 4.82. The summed E-state index contributed by atoms with van der Waals surface area (Å²) in [6, 6.07) is 3.82. The average molecular weight is 330 g/mol. The van der Waals surface area contributed by atoms with Gasteiger partial charge in [0, 0.05) is 16.5 Å². The number of alkyl halides is 3. The van der Waals surface area contributed by atoms with Crippen molar-refractivity contribution in [3.05, 3.63) is 28.8 Å². The number of fused-ring (bicyclic) bond motifs is 1. The van der Waals surface area contributed by atoms with Crippen LogP contribution in [-0.2, 0) is 10.3 Å². The van der Waals surface area contributed by atoms with E-state index in [0.717, 1.165) is 12.5 Å². The van der Waals surface area contributed by atoms with Gasteiger partial charge in [0.2, 0.25) is 0 Å². The number of halogens is 4. The third-order valence-electron chi connectivity index (χ3n) is 3.79. The van der Waals surface area contributed by atoms with Gasteiger partial charge in [-0.05, 0) is 36.5 Å². The molecule has 0 saturated heterocycles. The molecule has 1 fully saturated rings. The zero-order valence-corrected chi connectivity index (χ0v) is 12.2. The molecule has 22 heavy (non-hydrogen) atoms. The van der Waals surface area contributed by atoms with Crippen LogP contribution in [0.1, 0.15) is 18.9 Å². The number of benzene rings is 1. The number of anilines is 1. The number of cyclic esters (lactones) is 1. The second-order valence-electron chi connectivity index (χ2n) is 5.47. The van der Waals surface area contributed by atoms with E-state index in [9.17, 15) is 18.0 Å². The predicted molar refractivity (Wildman–Crippen MR) is 74.3 cm³/mol. The average Bonchev–Trinajstić information content (AvgIpc) is 3.11. The van der Waals surface area contributed by atoms with Crippen molar-refractivity contribution in [1.82, 2.24) is 0 Å². The van der Waals surface area contributed by atoms with Crippen LogP contribution < -0.4 is 5.32 Å². The SMILES string of the molecule is C[C@H]1C[C@H]1C#C[C@@]1(C(F)(F)F)OC(=O)Nc2ccc(Cl)cc21. The summed E-state index contributed by atoms with van der Waals surface area (Å²) in [6.07, 6.45) is -5.32. The molecular weight excluding hydrogens is 319 g/mol. The van der Waals surface area contributed by atoms with Gasteiger partial charge in [0.05, 0.1) is 5.69 Å². The lowest BCUT2D eigenvalue weighted by atomic mass is 9.90. The predicted octanol–water partition coefficient (Wildman–Crippen LogP) is 4.32. The van der Waals surface area contributed by atoms with Crippen molar-refractivity contribution in [1.29, 1.82) is 0 Å². The Hall–Kier alpha value is -1.87. The van der Waals surface area contributed by atoms with Gasteiger partial charge in [0.15, 0.2) is 0 Å². The number of hydrogen-bond acceptors (Lipinski definition) is 2. The molecule has 1 aromatic carbocycles. The summed E-state index contributed by atoms with van der Waals surface area (Å²) >= 11 is 5.80. The quantitative estimate of drug-likeness (QED) is 0.720. The lowest BCUT2D eigenvalue weighted by Crippen LogP contribution is -2.49. The topological polar surface area (TPSA) is 38.3 Å². The zero-order chi connectivity index (χ0) is 16.1. The highest BCUT2D eigenvalue weighted by molar-refractivity contribution is 6.30.